The van der Waals surface area contributed by atoms with Gasteiger partial charge in [0, 0.05) is 41.0 Å². The van der Waals surface area contributed by atoms with Crippen LogP contribution in [0.2, 0.25) is 0 Å². The van der Waals surface area contributed by atoms with Gasteiger partial charge in [-0.2, -0.15) is 6.07 Å². The summed E-state index contributed by atoms with van der Waals surface area (Å²) in [6.07, 6.45) is 3.53. The monoisotopic (exact) mass is 787 g/mol. The summed E-state index contributed by atoms with van der Waals surface area (Å²) in [5.41, 5.74) is 5.95. The number of nitrogens with zero attached hydrogens (tertiary/aromatic N) is 4. The van der Waals surface area contributed by atoms with Crippen molar-refractivity contribution in [1.82, 2.24) is 14.5 Å². The zero-order chi connectivity index (χ0) is 30.5. The molecule has 0 aliphatic rings. The van der Waals surface area contributed by atoms with E-state index in [-0.39, 0.29) is 21.1 Å². The van der Waals surface area contributed by atoms with Gasteiger partial charge in [-0.15, -0.1) is 29.7 Å². The van der Waals surface area contributed by atoms with E-state index in [9.17, 15) is 0 Å². The molecule has 0 unspecified atom stereocenters. The Bertz CT molecular complexity index is 2510. The van der Waals surface area contributed by atoms with Gasteiger partial charge in [0.05, 0.1) is 0 Å². The van der Waals surface area contributed by atoms with E-state index in [1.165, 1.54) is 0 Å². The number of benzene rings is 5. The van der Waals surface area contributed by atoms with Crippen molar-refractivity contribution in [3.63, 3.8) is 0 Å². The molecule has 5 aromatic carbocycles. The Hall–Kier alpha value is -5.71. The van der Waals surface area contributed by atoms with Crippen LogP contribution in [0.25, 0.3) is 49.6 Å². The molecule has 0 saturated heterocycles. The largest absolute Gasteiger partial charge is 2.00 e. The van der Waals surface area contributed by atoms with Crippen LogP contribution in [0.15, 0.2) is 150 Å². The fourth-order valence-electron chi connectivity index (χ4n) is 6.17. The van der Waals surface area contributed by atoms with Crippen molar-refractivity contribution in [2.45, 2.75) is 0 Å². The first-order valence-corrected chi connectivity index (χ1v) is 15.0. The third-order valence-corrected chi connectivity index (χ3v) is 8.15. The zero-order valence-corrected chi connectivity index (χ0v) is 27.1. The number of pyridine rings is 2. The van der Waals surface area contributed by atoms with Crippen LogP contribution in [0.5, 0.6) is 11.6 Å². The Kier molecular flexibility index (Phi) is 7.28. The molecule has 7 heteroatoms. The van der Waals surface area contributed by atoms with Gasteiger partial charge in [-0.25, -0.2) is 9.97 Å². The van der Waals surface area contributed by atoms with Crippen molar-refractivity contribution in [2.75, 3.05) is 4.90 Å². The molecule has 0 spiro atoms. The molecular weight excluding hydrogens is 764 g/mol. The molecule has 6 nitrogen and oxygen atoms in total. The quantitative estimate of drug-likeness (QED) is 0.157. The van der Waals surface area contributed by atoms with Crippen molar-refractivity contribution in [2.24, 2.45) is 0 Å². The second-order valence-electron chi connectivity index (χ2n) is 10.9. The van der Waals surface area contributed by atoms with Crippen LogP contribution < -0.4 is 9.64 Å². The maximum absolute atomic E-state index is 6.43. The number of hydrogen-bond acceptors (Lipinski definition) is 5. The minimum Gasteiger partial charge on any atom is -0.483 e. The average Bonchev–Trinajstić information content (AvgIpc) is 3.65. The third-order valence-electron chi connectivity index (χ3n) is 8.15. The standard InChI is InChI=1S/C40H24N4O2.Pt/c1-2-12-27(13-3-1)43(28-20-21-31-30-14-4-6-16-33(30)44(34(31)24-28)38-18-8-10-22-41-38)29-25-36-40(32-15-5-7-17-35(32)45-36)37(26-29)46-39-19-9-11-23-42-39;/h1-23,25H;/q-2;+2. The third kappa shape index (κ3) is 4.94. The molecule has 0 aliphatic heterocycles. The van der Waals surface area contributed by atoms with Crippen molar-refractivity contribution < 1.29 is 30.2 Å². The zero-order valence-electron chi connectivity index (χ0n) is 24.8. The maximum Gasteiger partial charge on any atom is 2.00 e. The van der Waals surface area contributed by atoms with E-state index < -0.39 is 0 Å². The van der Waals surface area contributed by atoms with E-state index in [1.807, 2.05) is 91.1 Å². The van der Waals surface area contributed by atoms with Gasteiger partial charge >= 0.3 is 21.1 Å². The minimum absolute atomic E-state index is 0. The van der Waals surface area contributed by atoms with Gasteiger partial charge in [0.25, 0.3) is 0 Å². The van der Waals surface area contributed by atoms with Gasteiger partial charge < -0.3 is 18.6 Å². The summed E-state index contributed by atoms with van der Waals surface area (Å²) in [6.45, 7) is 0. The van der Waals surface area contributed by atoms with E-state index in [0.717, 1.165) is 61.0 Å². The molecule has 0 amide bonds. The van der Waals surface area contributed by atoms with Gasteiger partial charge in [0.15, 0.2) is 0 Å². The first-order valence-electron chi connectivity index (χ1n) is 15.0. The van der Waals surface area contributed by atoms with Crippen molar-refractivity contribution >= 4 is 60.8 Å². The van der Waals surface area contributed by atoms with Crippen LogP contribution in [0.4, 0.5) is 17.1 Å². The van der Waals surface area contributed by atoms with E-state index in [2.05, 4.69) is 75.1 Å². The van der Waals surface area contributed by atoms with Crippen LogP contribution in [0.3, 0.4) is 0 Å². The molecular formula is C40H24N4O2Pt. The number of para-hydroxylation sites is 3. The number of anilines is 3. The Morgan fingerprint density at radius 1 is 0.617 bits per heavy atom. The molecule has 0 N–H and O–H groups in total. The summed E-state index contributed by atoms with van der Waals surface area (Å²) in [5, 5.41) is 4.02. The molecule has 0 bridgehead atoms. The normalized spacial score (nSPS) is 11.2. The molecule has 9 aromatic rings. The van der Waals surface area contributed by atoms with E-state index in [1.54, 1.807) is 6.20 Å². The van der Waals surface area contributed by atoms with Crippen LogP contribution in [-0.2, 0) is 21.1 Å². The smallest absolute Gasteiger partial charge is 0.483 e. The predicted molar refractivity (Wildman–Crippen MR) is 183 cm³/mol. The number of fused-ring (bicyclic) bond motifs is 6. The first kappa shape index (κ1) is 28.7. The minimum atomic E-state index is 0. The fourth-order valence-corrected chi connectivity index (χ4v) is 6.17. The molecule has 0 aliphatic carbocycles. The topological polar surface area (TPSA) is 56.3 Å². The molecule has 4 heterocycles. The molecule has 0 atom stereocenters. The van der Waals surface area contributed by atoms with Crippen LogP contribution >= 0.6 is 0 Å². The van der Waals surface area contributed by atoms with Crippen LogP contribution in [0.1, 0.15) is 0 Å². The molecule has 226 valence electrons. The summed E-state index contributed by atoms with van der Waals surface area (Å²) < 4.78 is 15.0. The fraction of sp³-hybridized carbons (Fsp3) is 0. The summed E-state index contributed by atoms with van der Waals surface area (Å²) in [4.78, 5) is 11.3. The van der Waals surface area contributed by atoms with Gasteiger partial charge in [-0.05, 0) is 58.6 Å². The van der Waals surface area contributed by atoms with E-state index >= 15 is 0 Å². The number of ether oxygens (including phenoxy) is 1. The second kappa shape index (κ2) is 11.9. The molecule has 0 fully saturated rings. The summed E-state index contributed by atoms with van der Waals surface area (Å²) >= 11 is 0. The Balaban J connectivity index is 0.00000324. The molecule has 0 saturated carbocycles. The molecule has 9 rings (SSSR count). The molecule has 0 radical (unpaired) electrons. The van der Waals surface area contributed by atoms with Crippen molar-refractivity contribution in [1.29, 1.82) is 0 Å². The summed E-state index contributed by atoms with van der Waals surface area (Å²) in [7, 11) is 0. The number of rotatable bonds is 6. The number of aromatic nitrogens is 3. The van der Waals surface area contributed by atoms with Crippen LogP contribution in [-0.4, -0.2) is 14.5 Å². The Morgan fingerprint density at radius 3 is 2.17 bits per heavy atom. The van der Waals surface area contributed by atoms with Gasteiger partial charge in [0.1, 0.15) is 11.4 Å². The summed E-state index contributed by atoms with van der Waals surface area (Å²) in [6, 6.07) is 51.7. The maximum atomic E-state index is 6.43. The van der Waals surface area contributed by atoms with E-state index in [0.29, 0.717) is 17.2 Å². The van der Waals surface area contributed by atoms with E-state index in [4.69, 9.17) is 14.1 Å². The number of hydrogen-bond donors (Lipinski definition) is 0. The predicted octanol–water partition coefficient (Wildman–Crippen LogP) is 10.3. The molecule has 47 heavy (non-hydrogen) atoms. The van der Waals surface area contributed by atoms with Gasteiger partial charge in [-0.1, -0.05) is 83.6 Å². The number of furan rings is 1. The van der Waals surface area contributed by atoms with Crippen molar-refractivity contribution in [3.8, 4) is 17.4 Å². The van der Waals surface area contributed by atoms with Crippen LogP contribution in [0, 0.1) is 12.1 Å². The SMILES string of the molecule is [Pt+2].[c-]1c(N(c2[c-]c3c(cc2)c2ccccc2n3-c2ccccn2)c2ccccc2)cc2oc3ccccc3c2c1Oc1ccccn1. The second-order valence-corrected chi connectivity index (χ2v) is 10.9. The summed E-state index contributed by atoms with van der Waals surface area (Å²) in [5.74, 6) is 1.83. The van der Waals surface area contributed by atoms with Gasteiger partial charge in [0.2, 0.25) is 5.88 Å². The van der Waals surface area contributed by atoms with Gasteiger partial charge in [-0.3, -0.25) is 0 Å². The molecule has 4 aromatic heterocycles. The average molecular weight is 788 g/mol. The van der Waals surface area contributed by atoms with Crippen molar-refractivity contribution in [3.05, 3.63) is 158 Å². The Morgan fingerprint density at radius 2 is 1.36 bits per heavy atom. The first-order chi connectivity index (χ1) is 22.8. The Labute approximate surface area is 284 Å².